The summed E-state index contributed by atoms with van der Waals surface area (Å²) in [7, 11) is 0. The van der Waals surface area contributed by atoms with E-state index in [0.29, 0.717) is 23.5 Å². The summed E-state index contributed by atoms with van der Waals surface area (Å²) in [5.41, 5.74) is 5.15. The number of hydrazone groups is 1. The minimum Gasteiger partial charge on any atom is -0.504 e. The van der Waals surface area contributed by atoms with Crippen molar-refractivity contribution < 1.29 is 14.6 Å². The summed E-state index contributed by atoms with van der Waals surface area (Å²) < 4.78 is 7.41. The number of imidazole rings is 1. The van der Waals surface area contributed by atoms with Crippen molar-refractivity contribution in [1.29, 1.82) is 0 Å². The van der Waals surface area contributed by atoms with Gasteiger partial charge in [0.1, 0.15) is 5.82 Å². The zero-order chi connectivity index (χ0) is 19.4. The van der Waals surface area contributed by atoms with Crippen molar-refractivity contribution in [3.8, 4) is 11.5 Å². The molecule has 140 valence electrons. The number of amides is 1. The predicted octanol–water partition coefficient (Wildman–Crippen LogP) is 3.23. The molecule has 7 heteroatoms. The smallest absolute Gasteiger partial charge is 0.271 e. The second-order valence-electron chi connectivity index (χ2n) is 5.93. The third-order valence-electron chi connectivity index (χ3n) is 4.22. The van der Waals surface area contributed by atoms with E-state index >= 15 is 0 Å². The van der Waals surface area contributed by atoms with E-state index in [1.807, 2.05) is 19.9 Å². The summed E-state index contributed by atoms with van der Waals surface area (Å²) in [6, 6.07) is 10.5. The lowest BCUT2D eigenvalue weighted by Crippen LogP contribution is -2.17. The standard InChI is InChI=1S/C20H22N4O3/c1-4-24-13(3)22-16-11-14(9-10-17(16)24)20(26)23-21-12-15-7-6-8-18(19(15)25)27-5-2/h6-12,25H,4-5H2,1-3H3,(H,23,26). The van der Waals surface area contributed by atoms with Crippen LogP contribution >= 0.6 is 0 Å². The zero-order valence-electron chi connectivity index (χ0n) is 15.6. The molecular weight excluding hydrogens is 344 g/mol. The van der Waals surface area contributed by atoms with Crippen LogP contribution in [0.3, 0.4) is 0 Å². The fourth-order valence-electron chi connectivity index (χ4n) is 2.93. The molecule has 2 N–H and O–H groups in total. The Morgan fingerprint density at radius 3 is 2.89 bits per heavy atom. The first-order valence-corrected chi connectivity index (χ1v) is 8.80. The fourth-order valence-corrected chi connectivity index (χ4v) is 2.93. The molecule has 0 saturated heterocycles. The molecule has 2 aromatic carbocycles. The minimum absolute atomic E-state index is 0.0145. The quantitative estimate of drug-likeness (QED) is 0.518. The maximum atomic E-state index is 12.3. The van der Waals surface area contributed by atoms with Gasteiger partial charge in [-0.2, -0.15) is 5.10 Å². The summed E-state index contributed by atoms with van der Waals surface area (Å²) in [4.78, 5) is 16.8. The first kappa shape index (κ1) is 18.4. The van der Waals surface area contributed by atoms with Gasteiger partial charge < -0.3 is 14.4 Å². The lowest BCUT2D eigenvalue weighted by molar-refractivity contribution is 0.0955. The van der Waals surface area contributed by atoms with Crippen LogP contribution in [0.4, 0.5) is 0 Å². The number of nitrogens with zero attached hydrogens (tertiary/aromatic N) is 3. The highest BCUT2D eigenvalue weighted by Crippen LogP contribution is 2.28. The van der Waals surface area contributed by atoms with E-state index in [1.165, 1.54) is 6.21 Å². The van der Waals surface area contributed by atoms with Crippen LogP contribution in [-0.4, -0.2) is 33.4 Å². The number of fused-ring (bicyclic) bond motifs is 1. The lowest BCUT2D eigenvalue weighted by atomic mass is 10.2. The largest absolute Gasteiger partial charge is 0.504 e. The molecule has 0 aliphatic carbocycles. The molecule has 0 fully saturated rings. The molecule has 0 bridgehead atoms. The lowest BCUT2D eigenvalue weighted by Gasteiger charge is -2.07. The number of aromatic nitrogens is 2. The normalized spacial score (nSPS) is 11.2. The number of carbonyl (C=O) groups excluding carboxylic acids is 1. The van der Waals surface area contributed by atoms with Crippen molar-refractivity contribution in [2.24, 2.45) is 5.10 Å². The number of hydrogen-bond acceptors (Lipinski definition) is 5. The number of benzene rings is 2. The van der Waals surface area contributed by atoms with Crippen LogP contribution in [0.2, 0.25) is 0 Å². The van der Waals surface area contributed by atoms with Crippen molar-refractivity contribution in [3.63, 3.8) is 0 Å². The SMILES string of the molecule is CCOc1cccc(C=NNC(=O)c2ccc3c(c2)nc(C)n3CC)c1O. The Morgan fingerprint density at radius 2 is 2.15 bits per heavy atom. The van der Waals surface area contributed by atoms with Crippen molar-refractivity contribution in [2.45, 2.75) is 27.3 Å². The number of para-hydroxylation sites is 1. The second-order valence-corrected chi connectivity index (χ2v) is 5.93. The van der Waals surface area contributed by atoms with E-state index in [2.05, 4.69) is 27.0 Å². The molecule has 0 atom stereocenters. The van der Waals surface area contributed by atoms with Gasteiger partial charge in [-0.3, -0.25) is 4.79 Å². The number of aromatic hydroxyl groups is 1. The Labute approximate surface area is 157 Å². The summed E-state index contributed by atoms with van der Waals surface area (Å²) in [6.45, 7) is 7.10. The average Bonchev–Trinajstić information content (AvgIpc) is 2.98. The van der Waals surface area contributed by atoms with Crippen LogP contribution in [0.15, 0.2) is 41.5 Å². The summed E-state index contributed by atoms with van der Waals surface area (Å²) in [5.74, 6) is 0.921. The van der Waals surface area contributed by atoms with Gasteiger partial charge in [-0.05, 0) is 51.1 Å². The average molecular weight is 366 g/mol. The molecule has 0 radical (unpaired) electrons. The number of phenolic OH excluding ortho intramolecular Hbond substituents is 1. The van der Waals surface area contributed by atoms with Crippen molar-refractivity contribution >= 4 is 23.2 Å². The Balaban J connectivity index is 1.75. The molecule has 0 aliphatic rings. The molecule has 3 aromatic rings. The second kappa shape index (κ2) is 7.90. The highest BCUT2D eigenvalue weighted by molar-refractivity contribution is 5.98. The van der Waals surface area contributed by atoms with Gasteiger partial charge in [-0.1, -0.05) is 6.07 Å². The van der Waals surface area contributed by atoms with E-state index in [0.717, 1.165) is 23.4 Å². The number of rotatable bonds is 6. The molecule has 7 nitrogen and oxygen atoms in total. The number of hydrogen-bond donors (Lipinski definition) is 2. The number of aryl methyl sites for hydroxylation is 2. The molecule has 3 rings (SSSR count). The van der Waals surface area contributed by atoms with Crippen LogP contribution in [-0.2, 0) is 6.54 Å². The van der Waals surface area contributed by atoms with Gasteiger partial charge in [0.2, 0.25) is 0 Å². The Bertz CT molecular complexity index is 1010. The van der Waals surface area contributed by atoms with Gasteiger partial charge in [-0.25, -0.2) is 10.4 Å². The Kier molecular flexibility index (Phi) is 5.40. The number of nitrogens with one attached hydrogen (secondary N) is 1. The molecule has 1 heterocycles. The molecule has 0 spiro atoms. The van der Waals surface area contributed by atoms with E-state index in [9.17, 15) is 9.90 Å². The van der Waals surface area contributed by atoms with Crippen LogP contribution < -0.4 is 10.2 Å². The molecule has 0 unspecified atom stereocenters. The van der Waals surface area contributed by atoms with Crippen LogP contribution in [0.1, 0.15) is 35.6 Å². The van der Waals surface area contributed by atoms with Crippen LogP contribution in [0, 0.1) is 6.92 Å². The van der Waals surface area contributed by atoms with E-state index in [-0.39, 0.29) is 11.7 Å². The first-order valence-electron chi connectivity index (χ1n) is 8.80. The number of phenols is 1. The van der Waals surface area contributed by atoms with E-state index < -0.39 is 0 Å². The Hall–Kier alpha value is -3.35. The monoisotopic (exact) mass is 366 g/mol. The number of ether oxygens (including phenoxy) is 1. The van der Waals surface area contributed by atoms with Crippen LogP contribution in [0.5, 0.6) is 11.5 Å². The van der Waals surface area contributed by atoms with Gasteiger partial charge in [0.25, 0.3) is 5.91 Å². The van der Waals surface area contributed by atoms with E-state index in [4.69, 9.17) is 4.74 Å². The third-order valence-corrected chi connectivity index (χ3v) is 4.22. The van der Waals surface area contributed by atoms with Crippen molar-refractivity contribution in [3.05, 3.63) is 53.3 Å². The van der Waals surface area contributed by atoms with Gasteiger partial charge in [-0.15, -0.1) is 0 Å². The van der Waals surface area contributed by atoms with Gasteiger partial charge in [0, 0.05) is 17.7 Å². The van der Waals surface area contributed by atoms with Gasteiger partial charge >= 0.3 is 0 Å². The molecule has 0 aliphatic heterocycles. The van der Waals surface area contributed by atoms with E-state index in [1.54, 1.807) is 30.3 Å². The summed E-state index contributed by atoms with van der Waals surface area (Å²) in [5, 5.41) is 14.1. The van der Waals surface area contributed by atoms with Gasteiger partial charge in [0.05, 0.1) is 23.9 Å². The molecule has 1 aromatic heterocycles. The number of carbonyl (C=O) groups is 1. The summed E-state index contributed by atoms with van der Waals surface area (Å²) in [6.07, 6.45) is 1.38. The highest BCUT2D eigenvalue weighted by atomic mass is 16.5. The fraction of sp³-hybridized carbons (Fsp3) is 0.250. The van der Waals surface area contributed by atoms with Crippen molar-refractivity contribution in [2.75, 3.05) is 6.61 Å². The topological polar surface area (TPSA) is 88.7 Å². The van der Waals surface area contributed by atoms with Gasteiger partial charge in [0.15, 0.2) is 11.5 Å². The molecular formula is C20H22N4O3. The maximum Gasteiger partial charge on any atom is 0.271 e. The third kappa shape index (κ3) is 3.76. The van der Waals surface area contributed by atoms with Crippen LogP contribution in [0.25, 0.3) is 11.0 Å². The molecule has 27 heavy (non-hydrogen) atoms. The Morgan fingerprint density at radius 1 is 1.33 bits per heavy atom. The first-order chi connectivity index (χ1) is 13.0. The summed E-state index contributed by atoms with van der Waals surface area (Å²) >= 11 is 0. The predicted molar refractivity (Wildman–Crippen MR) is 104 cm³/mol. The molecule has 1 amide bonds. The zero-order valence-corrected chi connectivity index (χ0v) is 15.6. The maximum absolute atomic E-state index is 12.3. The highest BCUT2D eigenvalue weighted by Gasteiger charge is 2.11. The molecule has 0 saturated carbocycles. The van der Waals surface area contributed by atoms with Crippen molar-refractivity contribution in [1.82, 2.24) is 15.0 Å². The minimum atomic E-state index is -0.350.